The van der Waals surface area contributed by atoms with Gasteiger partial charge in [0.1, 0.15) is 12.5 Å². The van der Waals surface area contributed by atoms with E-state index in [4.69, 9.17) is 14.2 Å². The molecule has 0 spiro atoms. The van der Waals surface area contributed by atoms with Crippen molar-refractivity contribution in [3.63, 3.8) is 0 Å². The number of hydrogen-bond donors (Lipinski definition) is 1. The van der Waals surface area contributed by atoms with Crippen LogP contribution in [0.4, 0.5) is 5.69 Å². The number of rotatable bonds is 9. The first kappa shape index (κ1) is 29.4. The van der Waals surface area contributed by atoms with Gasteiger partial charge in [-0.25, -0.2) is 9.59 Å². The van der Waals surface area contributed by atoms with Crippen molar-refractivity contribution >= 4 is 45.1 Å². The van der Waals surface area contributed by atoms with E-state index in [2.05, 4.69) is 18.0 Å². The molecule has 4 aromatic rings. The van der Waals surface area contributed by atoms with E-state index in [-0.39, 0.29) is 31.1 Å². The number of nitrogens with zero attached hydrogens (tertiary/aromatic N) is 1. The second kappa shape index (κ2) is 12.0. The van der Waals surface area contributed by atoms with Gasteiger partial charge in [0.15, 0.2) is 0 Å². The number of nitrogens with one attached hydrogen (secondary N) is 1. The maximum Gasteiger partial charge on any atom is 0.342 e. The molecule has 2 unspecified atom stereocenters. The van der Waals surface area contributed by atoms with E-state index in [9.17, 15) is 24.5 Å². The molecule has 0 radical (unpaired) electrons. The van der Waals surface area contributed by atoms with E-state index in [1.54, 1.807) is 13.8 Å². The minimum absolute atomic E-state index is 0.0413. The lowest BCUT2D eigenvalue weighted by Crippen LogP contribution is -2.57. The number of carbonyl (C=O) groups excluding carboxylic acids is 3. The average Bonchev–Trinajstić information content (AvgIpc) is 3.33. The Hall–Kier alpha value is -5.09. The zero-order valence-corrected chi connectivity index (χ0v) is 23.7. The number of non-ortho nitro benzene ring substituents is 1. The fraction of sp³-hybridized carbons (Fsp3) is 0.242. The summed E-state index contributed by atoms with van der Waals surface area (Å²) in [5, 5.41) is 18.0. The maximum absolute atomic E-state index is 14.0. The van der Waals surface area contributed by atoms with Crippen LogP contribution < -0.4 is 5.32 Å². The lowest BCUT2D eigenvalue weighted by atomic mass is 9.84. The molecule has 10 heteroatoms. The van der Waals surface area contributed by atoms with Crippen LogP contribution in [0.1, 0.15) is 31.0 Å². The van der Waals surface area contributed by atoms with Crippen molar-refractivity contribution in [3.05, 3.63) is 112 Å². The molecule has 1 aliphatic heterocycles. The van der Waals surface area contributed by atoms with Crippen LogP contribution >= 0.6 is 0 Å². The molecule has 0 saturated carbocycles. The van der Waals surface area contributed by atoms with Crippen molar-refractivity contribution in [3.8, 4) is 0 Å². The summed E-state index contributed by atoms with van der Waals surface area (Å²) in [6, 6.07) is 22.0. The Morgan fingerprint density at radius 3 is 1.91 bits per heavy atom. The molecule has 1 saturated heterocycles. The summed E-state index contributed by atoms with van der Waals surface area (Å²) in [6.45, 7) is 7.02. The molecular weight excluding hydrogens is 552 g/mol. The van der Waals surface area contributed by atoms with Crippen molar-refractivity contribution in [2.75, 3.05) is 13.2 Å². The molecule has 2 atom stereocenters. The molecule has 0 amide bonds. The molecule has 1 aliphatic rings. The van der Waals surface area contributed by atoms with Gasteiger partial charge in [0.25, 0.3) is 5.69 Å². The van der Waals surface area contributed by atoms with Gasteiger partial charge in [0.2, 0.25) is 5.54 Å². The van der Waals surface area contributed by atoms with Crippen LogP contribution in [0.2, 0.25) is 0 Å². The number of esters is 3. The van der Waals surface area contributed by atoms with E-state index in [0.717, 1.165) is 27.1 Å². The summed E-state index contributed by atoms with van der Waals surface area (Å²) >= 11 is 0. The predicted molar refractivity (Wildman–Crippen MR) is 159 cm³/mol. The Balaban J connectivity index is 1.56. The third kappa shape index (κ3) is 5.21. The molecule has 4 aromatic carbocycles. The summed E-state index contributed by atoms with van der Waals surface area (Å²) in [4.78, 5) is 51.4. The number of nitro groups is 1. The highest BCUT2D eigenvalue weighted by Gasteiger charge is 2.63. The zero-order valence-electron chi connectivity index (χ0n) is 23.7. The fourth-order valence-electron chi connectivity index (χ4n) is 5.64. The standard InChI is InChI=1S/C33H30N2O8/c1-4-41-31(37)33(32(38)42-5-2)20(3)28(29(34-33)21-14-16-24(17-15-21)35(39)40)30(36)43-19-27-25-12-8-6-10-22(25)18-23-11-7-9-13-26(23)27/h6-18,28-29,34H,3-5,19H2,1-2H3. The monoisotopic (exact) mass is 582 g/mol. The second-order valence-electron chi connectivity index (χ2n) is 10.1. The molecule has 1 heterocycles. The van der Waals surface area contributed by atoms with E-state index in [1.807, 2.05) is 48.5 Å². The average molecular weight is 583 g/mol. The number of hydrogen-bond acceptors (Lipinski definition) is 9. The van der Waals surface area contributed by atoms with Crippen molar-refractivity contribution in [2.24, 2.45) is 5.92 Å². The molecule has 0 bridgehead atoms. The Bertz CT molecular complexity index is 1680. The van der Waals surface area contributed by atoms with Crippen molar-refractivity contribution in [1.29, 1.82) is 0 Å². The van der Waals surface area contributed by atoms with Gasteiger partial charge < -0.3 is 14.2 Å². The molecule has 220 valence electrons. The Morgan fingerprint density at radius 2 is 1.40 bits per heavy atom. The van der Waals surface area contributed by atoms with Crippen LogP contribution in [-0.4, -0.2) is 41.6 Å². The number of carbonyl (C=O) groups is 3. The van der Waals surface area contributed by atoms with Gasteiger partial charge >= 0.3 is 17.9 Å². The molecule has 0 aromatic heterocycles. The first-order chi connectivity index (χ1) is 20.7. The van der Waals surface area contributed by atoms with Crippen molar-refractivity contribution in [1.82, 2.24) is 5.32 Å². The van der Waals surface area contributed by atoms with Gasteiger partial charge in [-0.1, -0.05) is 67.2 Å². The number of benzene rings is 4. The highest BCUT2D eigenvalue weighted by molar-refractivity contribution is 6.11. The molecule has 43 heavy (non-hydrogen) atoms. The van der Waals surface area contributed by atoms with E-state index < -0.39 is 40.3 Å². The van der Waals surface area contributed by atoms with Crippen LogP contribution in [0.15, 0.2) is 91.0 Å². The molecule has 1 N–H and O–H groups in total. The highest BCUT2D eigenvalue weighted by Crippen LogP contribution is 2.44. The fourth-order valence-corrected chi connectivity index (χ4v) is 5.64. The summed E-state index contributed by atoms with van der Waals surface area (Å²) in [5.41, 5.74) is -1.26. The normalized spacial score (nSPS) is 17.5. The van der Waals surface area contributed by atoms with Crippen molar-refractivity contribution in [2.45, 2.75) is 32.0 Å². The number of nitro benzene ring substituents is 1. The van der Waals surface area contributed by atoms with Gasteiger partial charge in [-0.3, -0.25) is 20.2 Å². The topological polar surface area (TPSA) is 134 Å². The Kier molecular flexibility index (Phi) is 8.22. The zero-order chi connectivity index (χ0) is 30.7. The summed E-state index contributed by atoms with van der Waals surface area (Å²) in [7, 11) is 0. The molecule has 5 rings (SSSR count). The van der Waals surface area contributed by atoms with Gasteiger partial charge in [-0.15, -0.1) is 0 Å². The van der Waals surface area contributed by atoms with E-state index >= 15 is 0 Å². The van der Waals surface area contributed by atoms with Crippen LogP contribution in [0.25, 0.3) is 21.5 Å². The van der Waals surface area contributed by atoms with Crippen LogP contribution in [0, 0.1) is 16.0 Å². The summed E-state index contributed by atoms with van der Waals surface area (Å²) < 4.78 is 16.4. The third-order valence-corrected chi connectivity index (χ3v) is 7.68. The lowest BCUT2D eigenvalue weighted by molar-refractivity contribution is -0.384. The van der Waals surface area contributed by atoms with Gasteiger partial charge in [-0.05, 0) is 52.6 Å². The quantitative estimate of drug-likeness (QED) is 0.0529. The number of ether oxygens (including phenoxy) is 3. The summed E-state index contributed by atoms with van der Waals surface area (Å²) in [5.74, 6) is -3.92. The molecule has 0 aliphatic carbocycles. The Morgan fingerprint density at radius 1 is 0.860 bits per heavy atom. The SMILES string of the molecule is C=C1C(C(=O)OCc2c3ccccc3cc3ccccc23)C(c2ccc([N+](=O)[O-])cc2)NC1(C(=O)OCC)C(=O)OCC. The van der Waals surface area contributed by atoms with Crippen LogP contribution in [-0.2, 0) is 35.2 Å². The summed E-state index contributed by atoms with van der Waals surface area (Å²) in [6.07, 6.45) is 0. The Labute approximate surface area is 247 Å². The highest BCUT2D eigenvalue weighted by atomic mass is 16.6. The van der Waals surface area contributed by atoms with E-state index in [1.165, 1.54) is 24.3 Å². The molecular formula is C33H30N2O8. The van der Waals surface area contributed by atoms with Crippen LogP contribution in [0.3, 0.4) is 0 Å². The molecule has 10 nitrogen and oxygen atoms in total. The second-order valence-corrected chi connectivity index (χ2v) is 10.1. The van der Waals surface area contributed by atoms with E-state index in [0.29, 0.717) is 5.56 Å². The van der Waals surface area contributed by atoms with Crippen molar-refractivity contribution < 1.29 is 33.5 Å². The minimum Gasteiger partial charge on any atom is -0.464 e. The maximum atomic E-state index is 14.0. The smallest absolute Gasteiger partial charge is 0.342 e. The first-order valence-corrected chi connectivity index (χ1v) is 13.8. The van der Waals surface area contributed by atoms with Gasteiger partial charge in [0.05, 0.1) is 24.2 Å². The predicted octanol–water partition coefficient (Wildman–Crippen LogP) is 5.33. The largest absolute Gasteiger partial charge is 0.464 e. The van der Waals surface area contributed by atoms with Gasteiger partial charge in [0, 0.05) is 17.7 Å². The van der Waals surface area contributed by atoms with Gasteiger partial charge in [-0.2, -0.15) is 0 Å². The lowest BCUT2D eigenvalue weighted by Gasteiger charge is -2.26. The first-order valence-electron chi connectivity index (χ1n) is 13.8. The minimum atomic E-state index is -2.20. The number of fused-ring (bicyclic) bond motifs is 2. The third-order valence-electron chi connectivity index (χ3n) is 7.68. The van der Waals surface area contributed by atoms with Crippen LogP contribution in [0.5, 0.6) is 0 Å². The molecule has 1 fully saturated rings.